The zero-order chi connectivity index (χ0) is 16.5. The second-order valence-electron chi connectivity index (χ2n) is 6.89. The summed E-state index contributed by atoms with van der Waals surface area (Å²) in [4.78, 5) is 11.1. The van der Waals surface area contributed by atoms with Crippen LogP contribution in [-0.2, 0) is 0 Å². The highest BCUT2D eigenvalue weighted by atomic mass is 19.1. The number of rotatable bonds is 3. The zero-order valence-electron chi connectivity index (χ0n) is 13.9. The Balaban J connectivity index is 1.47. The van der Waals surface area contributed by atoms with Gasteiger partial charge in [0.2, 0.25) is 0 Å². The minimum atomic E-state index is -0.248. The van der Waals surface area contributed by atoms with E-state index in [0.29, 0.717) is 23.1 Å². The highest BCUT2D eigenvalue weighted by molar-refractivity contribution is 5.62. The third-order valence-corrected chi connectivity index (χ3v) is 5.12. The predicted molar refractivity (Wildman–Crippen MR) is 90.4 cm³/mol. The first-order chi connectivity index (χ1) is 11.7. The van der Waals surface area contributed by atoms with Gasteiger partial charge < -0.3 is 9.64 Å². The van der Waals surface area contributed by atoms with E-state index in [1.54, 1.807) is 18.5 Å². The quantitative estimate of drug-likeness (QED) is 0.865. The Labute approximate surface area is 141 Å². The summed E-state index contributed by atoms with van der Waals surface area (Å²) in [6.45, 7) is 5.30. The van der Waals surface area contributed by atoms with Crippen molar-refractivity contribution < 1.29 is 9.13 Å². The van der Waals surface area contributed by atoms with Crippen molar-refractivity contribution in [1.29, 1.82) is 0 Å². The van der Waals surface area contributed by atoms with Crippen LogP contribution in [0.25, 0.3) is 11.1 Å². The summed E-state index contributed by atoms with van der Waals surface area (Å²) >= 11 is 0. The van der Waals surface area contributed by atoms with Crippen LogP contribution in [0.5, 0.6) is 6.01 Å². The van der Waals surface area contributed by atoms with Crippen LogP contribution in [0, 0.1) is 18.7 Å². The third-order valence-electron chi connectivity index (χ3n) is 5.12. The van der Waals surface area contributed by atoms with Gasteiger partial charge in [-0.05, 0) is 44.4 Å². The minimum absolute atomic E-state index is 0.198. The average Bonchev–Trinajstić information content (AvgIpc) is 2.59. The Hall–Kier alpha value is -2.01. The number of aryl methyl sites for hydroxylation is 1. The van der Waals surface area contributed by atoms with Crippen molar-refractivity contribution >= 4 is 0 Å². The Kier molecular flexibility index (Phi) is 4.19. The van der Waals surface area contributed by atoms with Gasteiger partial charge in [-0.2, -0.15) is 0 Å². The number of benzene rings is 1. The molecule has 2 aliphatic heterocycles. The number of halogens is 1. The molecule has 5 heteroatoms. The number of fused-ring (bicyclic) bond motifs is 2. The van der Waals surface area contributed by atoms with E-state index in [4.69, 9.17) is 4.74 Å². The van der Waals surface area contributed by atoms with E-state index < -0.39 is 0 Å². The fourth-order valence-corrected chi connectivity index (χ4v) is 3.80. The summed E-state index contributed by atoms with van der Waals surface area (Å²) in [5.74, 6) is 0.326. The number of ether oxygens (including phenoxy) is 1. The molecule has 3 heterocycles. The smallest absolute Gasteiger partial charge is 0.316 e. The molecule has 2 aromatic rings. The molecule has 0 amide bonds. The lowest BCUT2D eigenvalue weighted by Gasteiger charge is -2.41. The molecule has 2 bridgehead atoms. The average molecular weight is 327 g/mol. The van der Waals surface area contributed by atoms with Gasteiger partial charge in [-0.3, -0.25) is 0 Å². The second kappa shape index (κ2) is 6.48. The molecule has 0 radical (unpaired) electrons. The molecule has 2 fully saturated rings. The molecular formula is C19H22FN3O. The lowest BCUT2D eigenvalue weighted by Crippen LogP contribution is -2.49. The molecule has 2 saturated heterocycles. The van der Waals surface area contributed by atoms with Crippen molar-refractivity contribution in [3.63, 3.8) is 0 Å². The van der Waals surface area contributed by atoms with Crippen molar-refractivity contribution in [2.45, 2.75) is 32.3 Å². The molecule has 0 saturated carbocycles. The lowest BCUT2D eigenvalue weighted by atomic mass is 9.87. The summed E-state index contributed by atoms with van der Waals surface area (Å²) in [5, 5.41) is 0. The van der Waals surface area contributed by atoms with Gasteiger partial charge in [0.1, 0.15) is 11.9 Å². The van der Waals surface area contributed by atoms with Crippen LogP contribution in [0.1, 0.15) is 24.8 Å². The Morgan fingerprint density at radius 3 is 2.79 bits per heavy atom. The van der Waals surface area contributed by atoms with Crippen molar-refractivity contribution in [2.24, 2.45) is 5.92 Å². The van der Waals surface area contributed by atoms with E-state index in [1.807, 2.05) is 13.0 Å². The lowest BCUT2D eigenvalue weighted by molar-refractivity contribution is 0.0103. The molecule has 1 aromatic heterocycles. The van der Waals surface area contributed by atoms with Crippen molar-refractivity contribution in [3.8, 4) is 17.1 Å². The maximum absolute atomic E-state index is 14.1. The van der Waals surface area contributed by atoms with Crippen molar-refractivity contribution in [3.05, 3.63) is 42.0 Å². The molecule has 24 heavy (non-hydrogen) atoms. The fraction of sp³-hybridized carbons (Fsp3) is 0.474. The molecule has 1 aromatic carbocycles. The van der Waals surface area contributed by atoms with E-state index in [0.717, 1.165) is 25.1 Å². The van der Waals surface area contributed by atoms with Crippen LogP contribution in [0.3, 0.4) is 0 Å². The molecule has 3 atom stereocenters. The first-order valence-corrected chi connectivity index (χ1v) is 8.66. The van der Waals surface area contributed by atoms with Crippen molar-refractivity contribution in [1.82, 2.24) is 14.9 Å². The van der Waals surface area contributed by atoms with Crippen LogP contribution in [0.4, 0.5) is 4.39 Å². The van der Waals surface area contributed by atoms with Gasteiger partial charge in [0.25, 0.3) is 0 Å². The largest absolute Gasteiger partial charge is 0.460 e. The number of nitrogens with zero attached hydrogens (tertiary/aromatic N) is 3. The number of aromatic nitrogens is 2. The second-order valence-corrected chi connectivity index (χ2v) is 6.89. The molecule has 4 nitrogen and oxygen atoms in total. The monoisotopic (exact) mass is 327 g/mol. The van der Waals surface area contributed by atoms with E-state index >= 15 is 0 Å². The van der Waals surface area contributed by atoms with E-state index in [1.165, 1.54) is 25.5 Å². The molecule has 0 N–H and O–H groups in total. The highest BCUT2D eigenvalue weighted by Crippen LogP contribution is 2.29. The van der Waals surface area contributed by atoms with Crippen LogP contribution in [0.2, 0.25) is 0 Å². The van der Waals surface area contributed by atoms with Crippen LogP contribution in [0.15, 0.2) is 30.6 Å². The number of hydrogen-bond donors (Lipinski definition) is 0. The third kappa shape index (κ3) is 3.13. The van der Waals surface area contributed by atoms with E-state index in [9.17, 15) is 4.39 Å². The summed E-state index contributed by atoms with van der Waals surface area (Å²) in [6, 6.07) is 5.58. The maximum atomic E-state index is 14.1. The summed E-state index contributed by atoms with van der Waals surface area (Å²) < 4.78 is 20.1. The first-order valence-electron chi connectivity index (χ1n) is 8.66. The standard InChI is InChI=1S/C19H22FN3O/c1-13-4-5-16(17(20)9-13)15-10-21-19(22-11-15)24-18-6-8-23-7-2-3-14(18)12-23/h4-5,9-11,14,18H,2-3,6-8,12H2,1H3. The van der Waals surface area contributed by atoms with Gasteiger partial charge in [-0.25, -0.2) is 14.4 Å². The Morgan fingerprint density at radius 1 is 1.17 bits per heavy atom. The SMILES string of the molecule is Cc1ccc(-c2cnc(OC3CCN4CCCC3C4)nc2)c(F)c1. The predicted octanol–water partition coefficient (Wildman–Crippen LogP) is 3.45. The van der Waals surface area contributed by atoms with Gasteiger partial charge in [0, 0.05) is 42.5 Å². The molecule has 0 aliphatic carbocycles. The van der Waals surface area contributed by atoms with Gasteiger partial charge in [0.05, 0.1) is 0 Å². The van der Waals surface area contributed by atoms with Gasteiger partial charge >= 0.3 is 6.01 Å². The number of piperidine rings is 2. The van der Waals surface area contributed by atoms with Crippen LogP contribution >= 0.6 is 0 Å². The Morgan fingerprint density at radius 2 is 2.00 bits per heavy atom. The molecule has 126 valence electrons. The fourth-order valence-electron chi connectivity index (χ4n) is 3.80. The molecule has 2 aliphatic rings. The van der Waals surface area contributed by atoms with Crippen molar-refractivity contribution in [2.75, 3.05) is 19.6 Å². The summed E-state index contributed by atoms with van der Waals surface area (Å²) in [7, 11) is 0. The summed E-state index contributed by atoms with van der Waals surface area (Å²) in [6.07, 6.45) is 6.98. The molecule has 0 spiro atoms. The minimum Gasteiger partial charge on any atom is -0.460 e. The maximum Gasteiger partial charge on any atom is 0.316 e. The summed E-state index contributed by atoms with van der Waals surface area (Å²) in [5.41, 5.74) is 2.09. The molecular weight excluding hydrogens is 305 g/mol. The highest BCUT2D eigenvalue weighted by Gasteiger charge is 2.33. The van der Waals surface area contributed by atoms with Gasteiger partial charge in [-0.1, -0.05) is 12.1 Å². The first kappa shape index (κ1) is 15.5. The van der Waals surface area contributed by atoms with Crippen LogP contribution < -0.4 is 4.74 Å². The molecule has 4 rings (SSSR count). The van der Waals surface area contributed by atoms with E-state index in [2.05, 4.69) is 14.9 Å². The van der Waals surface area contributed by atoms with Crippen LogP contribution in [-0.4, -0.2) is 40.6 Å². The Bertz CT molecular complexity index is 719. The normalized spacial score (nSPS) is 26.2. The molecule has 3 unspecified atom stereocenters. The van der Waals surface area contributed by atoms with Gasteiger partial charge in [-0.15, -0.1) is 0 Å². The number of hydrogen-bond acceptors (Lipinski definition) is 4. The van der Waals surface area contributed by atoms with Gasteiger partial charge in [0.15, 0.2) is 0 Å². The van der Waals surface area contributed by atoms with E-state index in [-0.39, 0.29) is 11.9 Å². The topological polar surface area (TPSA) is 38.2 Å². The zero-order valence-corrected chi connectivity index (χ0v) is 13.9.